The molecule has 1 aliphatic heterocycles. The highest BCUT2D eigenvalue weighted by atomic mass is 32.1. The molecule has 0 aromatic rings. The van der Waals surface area contributed by atoms with E-state index in [0.29, 0.717) is 24.7 Å². The smallest absolute Gasteiger partial charge is 0.225 e. The Morgan fingerprint density at radius 1 is 1.38 bits per heavy atom. The highest BCUT2D eigenvalue weighted by molar-refractivity contribution is 7.80. The van der Waals surface area contributed by atoms with Crippen LogP contribution in [-0.2, 0) is 9.53 Å². The number of nitrogens with zero attached hydrogens (tertiary/aromatic N) is 1. The molecule has 0 aromatic carbocycles. The lowest BCUT2D eigenvalue weighted by molar-refractivity contribution is -0.140. The van der Waals surface area contributed by atoms with Gasteiger partial charge in [0, 0.05) is 12.5 Å². The summed E-state index contributed by atoms with van der Waals surface area (Å²) in [6.45, 7) is 1.75. The third kappa shape index (κ3) is 2.52. The summed E-state index contributed by atoms with van der Waals surface area (Å²) < 4.78 is 5.42. The van der Waals surface area contributed by atoms with E-state index in [4.69, 9.17) is 22.7 Å². The number of rotatable bonds is 2. The van der Waals surface area contributed by atoms with Crippen LogP contribution in [0.4, 0.5) is 0 Å². The first kappa shape index (κ1) is 11.8. The summed E-state index contributed by atoms with van der Waals surface area (Å²) in [6.07, 6.45) is 4.18. The number of amides is 1. The predicted molar refractivity (Wildman–Crippen MR) is 65.1 cm³/mol. The summed E-state index contributed by atoms with van der Waals surface area (Å²) in [5.74, 6) is 0.493. The molecule has 0 radical (unpaired) electrons. The third-order valence-corrected chi connectivity index (χ3v) is 3.66. The lowest BCUT2D eigenvalue weighted by Crippen LogP contribution is -2.51. The van der Waals surface area contributed by atoms with Crippen molar-refractivity contribution in [1.82, 2.24) is 4.90 Å². The van der Waals surface area contributed by atoms with E-state index >= 15 is 0 Å². The summed E-state index contributed by atoms with van der Waals surface area (Å²) in [5, 5.41) is 0. The van der Waals surface area contributed by atoms with Gasteiger partial charge in [-0.1, -0.05) is 25.1 Å². The van der Waals surface area contributed by atoms with Crippen LogP contribution in [0.25, 0.3) is 0 Å². The van der Waals surface area contributed by atoms with E-state index < -0.39 is 0 Å². The molecule has 90 valence electrons. The van der Waals surface area contributed by atoms with Crippen LogP contribution in [-0.4, -0.2) is 41.6 Å². The highest BCUT2D eigenvalue weighted by Gasteiger charge is 2.31. The molecule has 1 aliphatic carbocycles. The fourth-order valence-electron chi connectivity index (χ4n) is 2.45. The van der Waals surface area contributed by atoms with Crippen LogP contribution in [0.1, 0.15) is 25.7 Å². The van der Waals surface area contributed by atoms with Crippen molar-refractivity contribution in [3.05, 3.63) is 0 Å². The topological polar surface area (TPSA) is 55.6 Å². The maximum absolute atomic E-state index is 12.2. The molecule has 1 unspecified atom stereocenters. The lowest BCUT2D eigenvalue weighted by Gasteiger charge is -2.33. The molecule has 0 spiro atoms. The lowest BCUT2D eigenvalue weighted by atomic mass is 10.1. The molecule has 1 heterocycles. The molecule has 4 nitrogen and oxygen atoms in total. The van der Waals surface area contributed by atoms with Crippen molar-refractivity contribution >= 4 is 23.1 Å². The predicted octanol–water partition coefficient (Wildman–Crippen LogP) is 0.690. The minimum absolute atomic E-state index is 0.227. The maximum Gasteiger partial charge on any atom is 0.225 e. The van der Waals surface area contributed by atoms with E-state index in [1.54, 1.807) is 0 Å². The molecule has 0 aromatic heterocycles. The van der Waals surface area contributed by atoms with Crippen LogP contribution >= 0.6 is 12.2 Å². The Kier molecular flexibility index (Phi) is 3.76. The molecule has 0 bridgehead atoms. The Balaban J connectivity index is 1.93. The van der Waals surface area contributed by atoms with Gasteiger partial charge < -0.3 is 15.4 Å². The fraction of sp³-hybridized carbons (Fsp3) is 0.818. The van der Waals surface area contributed by atoms with Gasteiger partial charge in [-0.05, 0) is 12.8 Å². The van der Waals surface area contributed by atoms with Crippen molar-refractivity contribution in [3.8, 4) is 0 Å². The van der Waals surface area contributed by atoms with Gasteiger partial charge in [-0.3, -0.25) is 4.79 Å². The standard InChI is InChI=1S/C11H18N2O2S/c12-10(16)9-7-13(5-6-15-9)11(14)8-3-1-2-4-8/h8-9H,1-7H2,(H2,12,16). The first-order valence-corrected chi connectivity index (χ1v) is 6.29. The minimum atomic E-state index is -0.255. The molecule has 16 heavy (non-hydrogen) atoms. The van der Waals surface area contributed by atoms with Crippen molar-refractivity contribution in [2.24, 2.45) is 11.7 Å². The van der Waals surface area contributed by atoms with Gasteiger partial charge in [0.05, 0.1) is 13.2 Å². The van der Waals surface area contributed by atoms with Crippen LogP contribution in [0.15, 0.2) is 0 Å². The van der Waals surface area contributed by atoms with E-state index in [2.05, 4.69) is 0 Å². The molecule has 5 heteroatoms. The van der Waals surface area contributed by atoms with Crippen LogP contribution < -0.4 is 5.73 Å². The average Bonchev–Trinajstić information content (AvgIpc) is 2.81. The summed E-state index contributed by atoms with van der Waals surface area (Å²) in [7, 11) is 0. The Hall–Kier alpha value is -0.680. The van der Waals surface area contributed by atoms with Gasteiger partial charge in [0.2, 0.25) is 5.91 Å². The van der Waals surface area contributed by atoms with Crippen molar-refractivity contribution in [2.45, 2.75) is 31.8 Å². The molecular weight excluding hydrogens is 224 g/mol. The number of ether oxygens (including phenoxy) is 1. The van der Waals surface area contributed by atoms with Gasteiger partial charge >= 0.3 is 0 Å². The summed E-state index contributed by atoms with van der Waals surface area (Å²) in [6, 6.07) is 0. The fourth-order valence-corrected chi connectivity index (χ4v) is 2.60. The SMILES string of the molecule is NC(=S)C1CN(C(=O)C2CCCC2)CCO1. The molecule has 2 rings (SSSR count). The number of thiocarbonyl (C=S) groups is 1. The van der Waals surface area contributed by atoms with Gasteiger partial charge in [-0.15, -0.1) is 0 Å². The quantitative estimate of drug-likeness (QED) is 0.724. The van der Waals surface area contributed by atoms with Crippen LogP contribution in [0.3, 0.4) is 0 Å². The molecule has 2 aliphatic rings. The second kappa shape index (κ2) is 5.10. The molecule has 1 saturated heterocycles. The summed E-state index contributed by atoms with van der Waals surface area (Å²) in [5.41, 5.74) is 5.55. The molecule has 1 saturated carbocycles. The van der Waals surface area contributed by atoms with E-state index in [-0.39, 0.29) is 17.9 Å². The zero-order valence-electron chi connectivity index (χ0n) is 9.35. The number of morpholine rings is 1. The number of carbonyl (C=O) groups excluding carboxylic acids is 1. The Labute approximate surface area is 101 Å². The molecule has 1 amide bonds. The number of hydrogen-bond donors (Lipinski definition) is 1. The second-order valence-corrected chi connectivity index (χ2v) is 5.00. The average molecular weight is 242 g/mol. The third-order valence-electron chi connectivity index (χ3n) is 3.40. The Morgan fingerprint density at radius 2 is 2.06 bits per heavy atom. The van der Waals surface area contributed by atoms with Crippen LogP contribution in [0.5, 0.6) is 0 Å². The van der Waals surface area contributed by atoms with Crippen molar-refractivity contribution in [3.63, 3.8) is 0 Å². The Morgan fingerprint density at radius 3 is 2.69 bits per heavy atom. The molecule has 2 N–H and O–H groups in total. The highest BCUT2D eigenvalue weighted by Crippen LogP contribution is 2.27. The summed E-state index contributed by atoms with van der Waals surface area (Å²) >= 11 is 4.90. The number of carbonyl (C=O) groups is 1. The van der Waals surface area contributed by atoms with E-state index in [1.807, 2.05) is 4.90 Å². The van der Waals surface area contributed by atoms with Crippen LogP contribution in [0, 0.1) is 5.92 Å². The zero-order valence-corrected chi connectivity index (χ0v) is 10.2. The van der Waals surface area contributed by atoms with Crippen molar-refractivity contribution in [1.29, 1.82) is 0 Å². The molecule has 2 fully saturated rings. The first-order valence-electron chi connectivity index (χ1n) is 5.88. The van der Waals surface area contributed by atoms with Crippen molar-refractivity contribution in [2.75, 3.05) is 19.7 Å². The van der Waals surface area contributed by atoms with E-state index in [0.717, 1.165) is 12.8 Å². The van der Waals surface area contributed by atoms with Gasteiger partial charge in [-0.25, -0.2) is 0 Å². The van der Waals surface area contributed by atoms with Gasteiger partial charge in [-0.2, -0.15) is 0 Å². The summed E-state index contributed by atoms with van der Waals surface area (Å²) in [4.78, 5) is 14.4. The maximum atomic E-state index is 12.2. The monoisotopic (exact) mass is 242 g/mol. The molecular formula is C11H18N2O2S. The van der Waals surface area contributed by atoms with Gasteiger partial charge in [0.1, 0.15) is 11.1 Å². The van der Waals surface area contributed by atoms with E-state index in [1.165, 1.54) is 12.8 Å². The molecule has 1 atom stereocenters. The van der Waals surface area contributed by atoms with Crippen molar-refractivity contribution < 1.29 is 9.53 Å². The zero-order chi connectivity index (χ0) is 11.5. The largest absolute Gasteiger partial charge is 0.391 e. The normalized spacial score (nSPS) is 27.0. The second-order valence-electron chi connectivity index (χ2n) is 4.53. The number of hydrogen-bond acceptors (Lipinski definition) is 3. The minimum Gasteiger partial charge on any atom is -0.391 e. The number of nitrogens with two attached hydrogens (primary N) is 1. The Bertz CT molecular complexity index is 290. The first-order chi connectivity index (χ1) is 7.68. The van der Waals surface area contributed by atoms with Gasteiger partial charge in [0.25, 0.3) is 0 Å². The van der Waals surface area contributed by atoms with Crippen LogP contribution in [0.2, 0.25) is 0 Å². The van der Waals surface area contributed by atoms with E-state index in [9.17, 15) is 4.79 Å². The van der Waals surface area contributed by atoms with Gasteiger partial charge in [0.15, 0.2) is 0 Å².